The predicted octanol–water partition coefficient (Wildman–Crippen LogP) is 0.583. The van der Waals surface area contributed by atoms with Gasteiger partial charge in [0, 0.05) is 18.6 Å². The molecular weight excluding hydrogens is 202 g/mol. The average Bonchev–Trinajstić information content (AvgIpc) is 2.35. The van der Waals surface area contributed by atoms with Crippen molar-refractivity contribution in [2.45, 2.75) is 51.7 Å². The molecule has 0 aromatic carbocycles. The molecule has 2 atom stereocenters. The number of carbonyl (C=O) groups excluding carboxylic acids is 1. The van der Waals surface area contributed by atoms with Gasteiger partial charge < -0.3 is 10.6 Å². The second kappa shape index (κ2) is 6.21. The molecule has 0 radical (unpaired) electrons. The fourth-order valence-corrected chi connectivity index (χ4v) is 2.54. The predicted molar refractivity (Wildman–Crippen MR) is 66.4 cm³/mol. The summed E-state index contributed by atoms with van der Waals surface area (Å²) in [5.74, 6) is 0.188. The van der Waals surface area contributed by atoms with Gasteiger partial charge in [-0.05, 0) is 47.2 Å². The number of hydrogen-bond donors (Lipinski definition) is 2. The molecule has 1 amide bonds. The summed E-state index contributed by atoms with van der Waals surface area (Å²) in [6.07, 6.45) is 1.92. The van der Waals surface area contributed by atoms with E-state index in [9.17, 15) is 4.79 Å². The molecule has 0 spiro atoms. The highest BCUT2D eigenvalue weighted by Crippen LogP contribution is 2.18. The molecule has 0 bridgehead atoms. The number of hydrogen-bond acceptors (Lipinski definition) is 3. The highest BCUT2D eigenvalue weighted by atomic mass is 16.2. The van der Waals surface area contributed by atoms with Gasteiger partial charge in [-0.1, -0.05) is 0 Å². The molecule has 2 N–H and O–H groups in total. The lowest BCUT2D eigenvalue weighted by Crippen LogP contribution is -2.51. The van der Waals surface area contributed by atoms with Crippen LogP contribution in [0.15, 0.2) is 0 Å². The molecule has 4 nitrogen and oxygen atoms in total. The van der Waals surface area contributed by atoms with Gasteiger partial charge in [0.05, 0.1) is 6.04 Å². The van der Waals surface area contributed by atoms with Crippen LogP contribution in [-0.2, 0) is 4.79 Å². The molecule has 4 heteroatoms. The minimum atomic E-state index is 0.0185. The van der Waals surface area contributed by atoms with Crippen LogP contribution in [0.1, 0.15) is 33.6 Å². The maximum absolute atomic E-state index is 12.0. The smallest absolute Gasteiger partial charge is 0.237 e. The van der Waals surface area contributed by atoms with Gasteiger partial charge in [0.15, 0.2) is 0 Å². The lowest BCUT2D eigenvalue weighted by Gasteiger charge is -2.36. The van der Waals surface area contributed by atoms with Gasteiger partial charge in [-0.25, -0.2) is 0 Å². The lowest BCUT2D eigenvalue weighted by atomic mass is 10.1. The van der Waals surface area contributed by atoms with Crippen molar-refractivity contribution in [2.24, 2.45) is 0 Å². The molecule has 1 heterocycles. The zero-order chi connectivity index (χ0) is 12.1. The average molecular weight is 227 g/mol. The Morgan fingerprint density at radius 3 is 2.81 bits per heavy atom. The van der Waals surface area contributed by atoms with E-state index in [2.05, 4.69) is 36.3 Å². The Bertz CT molecular complexity index is 230. The van der Waals surface area contributed by atoms with E-state index in [0.717, 1.165) is 25.9 Å². The van der Waals surface area contributed by atoms with Crippen LogP contribution in [-0.4, -0.2) is 49.1 Å². The van der Waals surface area contributed by atoms with Gasteiger partial charge in [0.25, 0.3) is 0 Å². The minimum absolute atomic E-state index is 0.0185. The minimum Gasteiger partial charge on any atom is -0.355 e. The maximum atomic E-state index is 12.0. The van der Waals surface area contributed by atoms with Crippen molar-refractivity contribution in [1.29, 1.82) is 0 Å². The van der Waals surface area contributed by atoms with Crippen molar-refractivity contribution in [3.05, 3.63) is 0 Å². The summed E-state index contributed by atoms with van der Waals surface area (Å²) in [4.78, 5) is 14.3. The highest BCUT2D eigenvalue weighted by molar-refractivity contribution is 5.82. The second-order valence-electron chi connectivity index (χ2n) is 4.88. The van der Waals surface area contributed by atoms with Crippen LogP contribution in [0.4, 0.5) is 0 Å². The molecule has 0 aliphatic carbocycles. The van der Waals surface area contributed by atoms with Gasteiger partial charge in [-0.2, -0.15) is 0 Å². The summed E-state index contributed by atoms with van der Waals surface area (Å²) in [7, 11) is 1.93. The monoisotopic (exact) mass is 227 g/mol. The zero-order valence-electron chi connectivity index (χ0n) is 10.9. The Balaban J connectivity index is 2.78. The first-order valence-corrected chi connectivity index (χ1v) is 6.27. The van der Waals surface area contributed by atoms with Crippen LogP contribution in [0, 0.1) is 0 Å². The molecule has 0 aromatic rings. The van der Waals surface area contributed by atoms with E-state index in [4.69, 9.17) is 0 Å². The zero-order valence-corrected chi connectivity index (χ0v) is 10.9. The Kier molecular flexibility index (Phi) is 5.22. The van der Waals surface area contributed by atoms with Crippen LogP contribution in [0.2, 0.25) is 0 Å². The van der Waals surface area contributed by atoms with E-state index in [-0.39, 0.29) is 11.9 Å². The van der Waals surface area contributed by atoms with E-state index in [0.29, 0.717) is 12.1 Å². The molecule has 0 saturated carbocycles. The van der Waals surface area contributed by atoms with Crippen molar-refractivity contribution < 1.29 is 4.79 Å². The van der Waals surface area contributed by atoms with E-state index in [1.54, 1.807) is 0 Å². The topological polar surface area (TPSA) is 44.4 Å². The molecule has 1 aliphatic rings. The normalized spacial score (nSPS) is 27.9. The fourth-order valence-electron chi connectivity index (χ4n) is 2.54. The van der Waals surface area contributed by atoms with Crippen molar-refractivity contribution >= 4 is 5.91 Å². The van der Waals surface area contributed by atoms with Crippen molar-refractivity contribution in [3.8, 4) is 0 Å². The van der Waals surface area contributed by atoms with Crippen LogP contribution in [0.5, 0.6) is 0 Å². The third-order valence-electron chi connectivity index (χ3n) is 3.30. The molecular formula is C12H25N3O. The Morgan fingerprint density at radius 1 is 1.56 bits per heavy atom. The Hall–Kier alpha value is -0.610. The number of amides is 1. The molecule has 16 heavy (non-hydrogen) atoms. The van der Waals surface area contributed by atoms with Crippen molar-refractivity contribution in [1.82, 2.24) is 15.5 Å². The summed E-state index contributed by atoms with van der Waals surface area (Å²) >= 11 is 0. The van der Waals surface area contributed by atoms with Crippen molar-refractivity contribution in [3.63, 3.8) is 0 Å². The first-order valence-electron chi connectivity index (χ1n) is 6.27. The molecule has 1 saturated heterocycles. The van der Waals surface area contributed by atoms with Crippen LogP contribution in [0.25, 0.3) is 0 Å². The first-order chi connectivity index (χ1) is 7.57. The van der Waals surface area contributed by atoms with Gasteiger partial charge in [-0.15, -0.1) is 0 Å². The Labute approximate surface area is 98.8 Å². The summed E-state index contributed by atoms with van der Waals surface area (Å²) in [6.45, 7) is 8.24. The molecule has 0 aromatic heterocycles. The lowest BCUT2D eigenvalue weighted by molar-refractivity contribution is -0.127. The van der Waals surface area contributed by atoms with E-state index in [1.165, 1.54) is 0 Å². The maximum Gasteiger partial charge on any atom is 0.237 e. The van der Waals surface area contributed by atoms with Crippen LogP contribution < -0.4 is 10.6 Å². The van der Waals surface area contributed by atoms with Gasteiger partial charge in [-0.3, -0.25) is 9.69 Å². The summed E-state index contributed by atoms with van der Waals surface area (Å²) in [5, 5.41) is 6.13. The number of nitrogens with zero attached hydrogens (tertiary/aromatic N) is 1. The van der Waals surface area contributed by atoms with Gasteiger partial charge in [0.2, 0.25) is 5.91 Å². The van der Waals surface area contributed by atoms with E-state index < -0.39 is 0 Å². The van der Waals surface area contributed by atoms with Crippen LogP contribution >= 0.6 is 0 Å². The number of rotatable bonds is 4. The molecule has 1 fully saturated rings. The largest absolute Gasteiger partial charge is 0.355 e. The van der Waals surface area contributed by atoms with Crippen molar-refractivity contribution in [2.75, 3.05) is 20.1 Å². The third kappa shape index (κ3) is 3.19. The summed E-state index contributed by atoms with van der Waals surface area (Å²) in [5.41, 5.74) is 0. The quantitative estimate of drug-likeness (QED) is 0.738. The van der Waals surface area contributed by atoms with Gasteiger partial charge >= 0.3 is 0 Å². The van der Waals surface area contributed by atoms with E-state index in [1.807, 2.05) is 7.05 Å². The van der Waals surface area contributed by atoms with Gasteiger partial charge in [0.1, 0.15) is 0 Å². The van der Waals surface area contributed by atoms with E-state index >= 15 is 0 Å². The molecule has 2 unspecified atom stereocenters. The third-order valence-corrected chi connectivity index (χ3v) is 3.30. The first kappa shape index (κ1) is 13.5. The second-order valence-corrected chi connectivity index (χ2v) is 4.88. The molecule has 94 valence electrons. The number of nitrogens with one attached hydrogen (secondary N) is 2. The standard InChI is InChI=1S/C12H25N3O/c1-9(2)15-10(3)5-8-14-12(16)11(15)6-7-13-4/h9-11,13H,5-8H2,1-4H3,(H,14,16). The SMILES string of the molecule is CNCCC1C(=O)NCCC(C)N1C(C)C. The molecule has 1 rings (SSSR count). The summed E-state index contributed by atoms with van der Waals surface area (Å²) in [6, 6.07) is 0.909. The summed E-state index contributed by atoms with van der Waals surface area (Å²) < 4.78 is 0. The Morgan fingerprint density at radius 2 is 2.25 bits per heavy atom. The highest BCUT2D eigenvalue weighted by Gasteiger charge is 2.32. The fraction of sp³-hybridized carbons (Fsp3) is 0.917. The molecule has 1 aliphatic heterocycles. The van der Waals surface area contributed by atoms with Crippen LogP contribution in [0.3, 0.4) is 0 Å². The number of carbonyl (C=O) groups is 1.